The first-order valence-electron chi connectivity index (χ1n) is 7.54. The van der Waals surface area contributed by atoms with E-state index >= 15 is 0 Å². The molecule has 2 aromatic rings. The predicted molar refractivity (Wildman–Crippen MR) is 92.9 cm³/mol. The number of anilines is 2. The molecule has 2 N–H and O–H groups in total. The average molecular weight is 349 g/mol. The maximum absolute atomic E-state index is 12.2. The molecule has 8 heteroatoms. The fraction of sp³-hybridized carbons (Fsp3) is 0.250. The molecule has 0 bridgehead atoms. The van der Waals surface area contributed by atoms with E-state index in [1.807, 2.05) is 13.0 Å². The minimum Gasteiger partial charge on any atom is -0.350 e. The molecule has 2 aromatic carbocycles. The minimum absolute atomic E-state index is 0.121. The quantitative estimate of drug-likeness (QED) is 0.432. The van der Waals surface area contributed by atoms with E-state index in [4.69, 9.17) is 0 Å². The third-order valence-corrected chi connectivity index (χ3v) is 4.81. The van der Waals surface area contributed by atoms with E-state index in [0.717, 1.165) is 12.5 Å². The van der Waals surface area contributed by atoms with Crippen LogP contribution in [0.4, 0.5) is 17.1 Å². The third kappa shape index (κ3) is 4.53. The fourth-order valence-corrected chi connectivity index (χ4v) is 3.17. The molecule has 2 rings (SSSR count). The minimum atomic E-state index is -3.76. The van der Waals surface area contributed by atoms with Crippen molar-refractivity contribution in [2.75, 3.05) is 11.9 Å². The van der Waals surface area contributed by atoms with Crippen molar-refractivity contribution >= 4 is 27.1 Å². The van der Waals surface area contributed by atoms with Gasteiger partial charge in [0.2, 0.25) is 10.0 Å². The van der Waals surface area contributed by atoms with Crippen molar-refractivity contribution in [3.63, 3.8) is 0 Å². The van der Waals surface area contributed by atoms with Gasteiger partial charge in [0.1, 0.15) is 5.69 Å². The summed E-state index contributed by atoms with van der Waals surface area (Å²) in [5.74, 6) is 0. The molecule has 0 aromatic heterocycles. The van der Waals surface area contributed by atoms with Gasteiger partial charge in [0.25, 0.3) is 5.69 Å². The van der Waals surface area contributed by atoms with Gasteiger partial charge in [-0.3, -0.25) is 10.1 Å². The first-order valence-corrected chi connectivity index (χ1v) is 9.02. The first kappa shape index (κ1) is 17.9. The zero-order valence-corrected chi connectivity index (χ0v) is 14.0. The van der Waals surface area contributed by atoms with Crippen LogP contribution in [0.2, 0.25) is 0 Å². The van der Waals surface area contributed by atoms with E-state index in [1.54, 1.807) is 24.3 Å². The van der Waals surface area contributed by atoms with Crippen LogP contribution in [0.1, 0.15) is 19.8 Å². The third-order valence-electron chi connectivity index (χ3n) is 3.35. The summed E-state index contributed by atoms with van der Waals surface area (Å²) < 4.78 is 26.8. The molecule has 7 nitrogen and oxygen atoms in total. The van der Waals surface area contributed by atoms with E-state index in [9.17, 15) is 18.5 Å². The van der Waals surface area contributed by atoms with E-state index in [-0.39, 0.29) is 16.3 Å². The van der Waals surface area contributed by atoms with Gasteiger partial charge in [-0.15, -0.1) is 0 Å². The molecule has 0 radical (unpaired) electrons. The molecule has 0 saturated heterocycles. The highest BCUT2D eigenvalue weighted by Gasteiger charge is 2.21. The summed E-state index contributed by atoms with van der Waals surface area (Å²) in [5, 5.41) is 14.2. The number of nitro groups is 1. The molecule has 0 atom stereocenters. The smallest absolute Gasteiger partial charge is 0.294 e. The van der Waals surface area contributed by atoms with Crippen molar-refractivity contribution in [1.82, 2.24) is 4.72 Å². The number of nitrogens with one attached hydrogen (secondary N) is 2. The van der Waals surface area contributed by atoms with Crippen molar-refractivity contribution in [3.8, 4) is 0 Å². The van der Waals surface area contributed by atoms with Gasteiger partial charge in [0.05, 0.1) is 9.82 Å². The first-order chi connectivity index (χ1) is 11.4. The molecule has 0 heterocycles. The van der Waals surface area contributed by atoms with E-state index in [0.29, 0.717) is 18.7 Å². The van der Waals surface area contributed by atoms with Gasteiger partial charge in [0.15, 0.2) is 0 Å². The van der Waals surface area contributed by atoms with Crippen molar-refractivity contribution in [2.45, 2.75) is 24.7 Å². The molecular formula is C16H19N3O4S. The zero-order chi connectivity index (χ0) is 17.6. The predicted octanol–water partition coefficient (Wildman–Crippen LogP) is 3.42. The second-order valence-electron chi connectivity index (χ2n) is 5.18. The van der Waals surface area contributed by atoms with Crippen molar-refractivity contribution in [3.05, 3.63) is 58.6 Å². The lowest BCUT2D eigenvalue weighted by Crippen LogP contribution is -2.24. The highest BCUT2D eigenvalue weighted by Crippen LogP contribution is 2.30. The summed E-state index contributed by atoms with van der Waals surface area (Å²) in [6.45, 7) is 2.25. The molecule has 0 saturated carbocycles. The van der Waals surface area contributed by atoms with E-state index < -0.39 is 14.9 Å². The topological polar surface area (TPSA) is 101 Å². The number of nitro benzene ring substituents is 1. The monoisotopic (exact) mass is 349 g/mol. The number of unbranched alkanes of at least 4 members (excludes halogenated alkanes) is 1. The van der Waals surface area contributed by atoms with Crippen molar-refractivity contribution in [1.29, 1.82) is 0 Å². The summed E-state index contributed by atoms with van der Waals surface area (Å²) in [4.78, 5) is 10.6. The van der Waals surface area contributed by atoms with Crippen LogP contribution in [0.15, 0.2) is 53.4 Å². The highest BCUT2D eigenvalue weighted by atomic mass is 32.2. The summed E-state index contributed by atoms with van der Waals surface area (Å²) in [6.07, 6.45) is 1.55. The van der Waals surface area contributed by atoms with Crippen LogP contribution in [0.5, 0.6) is 0 Å². The second kappa shape index (κ2) is 7.89. The van der Waals surface area contributed by atoms with Crippen LogP contribution in [-0.2, 0) is 10.0 Å². The number of nitrogens with zero attached hydrogens (tertiary/aromatic N) is 1. The average Bonchev–Trinajstić information content (AvgIpc) is 2.56. The molecular weight excluding hydrogens is 330 g/mol. The lowest BCUT2D eigenvalue weighted by molar-refractivity contribution is -0.384. The fourth-order valence-electron chi connectivity index (χ4n) is 2.08. The Bertz CT molecular complexity index is 807. The van der Waals surface area contributed by atoms with E-state index in [2.05, 4.69) is 10.0 Å². The lowest BCUT2D eigenvalue weighted by atomic mass is 10.2. The van der Waals surface area contributed by atoms with Crippen LogP contribution in [0, 0.1) is 10.1 Å². The standard InChI is InChI=1S/C16H19N3O4S/c1-2-3-11-17-24(22,23)14-9-10-15(16(12-14)19(20)21)18-13-7-5-4-6-8-13/h4-10,12,17-18H,2-3,11H2,1H3. The molecule has 128 valence electrons. The number of sulfonamides is 1. The van der Waals surface area contributed by atoms with Crippen LogP contribution < -0.4 is 10.0 Å². The Morgan fingerprint density at radius 3 is 2.46 bits per heavy atom. The molecule has 0 unspecified atom stereocenters. The van der Waals surface area contributed by atoms with Crippen LogP contribution in [-0.4, -0.2) is 19.9 Å². The molecule has 24 heavy (non-hydrogen) atoms. The van der Waals surface area contributed by atoms with Gasteiger partial charge in [-0.05, 0) is 30.7 Å². The number of hydrogen-bond donors (Lipinski definition) is 2. The summed E-state index contributed by atoms with van der Waals surface area (Å²) >= 11 is 0. The maximum Gasteiger partial charge on any atom is 0.294 e. The Kier molecular flexibility index (Phi) is 5.88. The highest BCUT2D eigenvalue weighted by molar-refractivity contribution is 7.89. The number of rotatable bonds is 8. The summed E-state index contributed by atoms with van der Waals surface area (Å²) in [7, 11) is -3.76. The van der Waals surface area contributed by atoms with E-state index in [1.165, 1.54) is 12.1 Å². The Morgan fingerprint density at radius 1 is 1.12 bits per heavy atom. The molecule has 0 aliphatic heterocycles. The Labute approximate surface area is 140 Å². The Hall–Kier alpha value is -2.45. The van der Waals surface area contributed by atoms with Gasteiger partial charge in [-0.25, -0.2) is 13.1 Å². The van der Waals surface area contributed by atoms with Gasteiger partial charge in [0, 0.05) is 18.3 Å². The molecule has 0 aliphatic carbocycles. The lowest BCUT2D eigenvalue weighted by Gasteiger charge is -2.10. The van der Waals surface area contributed by atoms with Crippen LogP contribution in [0.3, 0.4) is 0 Å². The van der Waals surface area contributed by atoms with Gasteiger partial charge in [-0.2, -0.15) is 0 Å². The largest absolute Gasteiger partial charge is 0.350 e. The van der Waals surface area contributed by atoms with Crippen LogP contribution >= 0.6 is 0 Å². The number of hydrogen-bond acceptors (Lipinski definition) is 5. The van der Waals surface area contributed by atoms with Gasteiger partial charge < -0.3 is 5.32 Å². The second-order valence-corrected chi connectivity index (χ2v) is 6.95. The summed E-state index contributed by atoms with van der Waals surface area (Å²) in [6, 6.07) is 12.8. The van der Waals surface area contributed by atoms with Crippen molar-refractivity contribution in [2.24, 2.45) is 0 Å². The Balaban J connectivity index is 2.31. The van der Waals surface area contributed by atoms with Crippen molar-refractivity contribution < 1.29 is 13.3 Å². The number of para-hydroxylation sites is 1. The Morgan fingerprint density at radius 2 is 1.83 bits per heavy atom. The zero-order valence-electron chi connectivity index (χ0n) is 13.2. The number of benzene rings is 2. The van der Waals surface area contributed by atoms with Gasteiger partial charge >= 0.3 is 0 Å². The summed E-state index contributed by atoms with van der Waals surface area (Å²) in [5.41, 5.74) is 0.619. The molecule has 0 aliphatic rings. The SMILES string of the molecule is CCCCNS(=O)(=O)c1ccc(Nc2ccccc2)c([N+](=O)[O-])c1. The van der Waals surface area contributed by atoms with Crippen LogP contribution in [0.25, 0.3) is 0 Å². The molecule has 0 amide bonds. The maximum atomic E-state index is 12.2. The van der Waals surface area contributed by atoms with Gasteiger partial charge in [-0.1, -0.05) is 31.5 Å². The molecule has 0 fully saturated rings. The normalized spacial score (nSPS) is 11.2. The molecule has 0 spiro atoms.